The summed E-state index contributed by atoms with van der Waals surface area (Å²) in [5.74, 6) is -0.446. The van der Waals surface area contributed by atoms with Crippen molar-refractivity contribution < 1.29 is 22.7 Å². The minimum absolute atomic E-state index is 0.0863. The predicted molar refractivity (Wildman–Crippen MR) is 91.6 cm³/mol. The van der Waals surface area contributed by atoms with Crippen LogP contribution >= 0.6 is 0 Å². The molecule has 0 aliphatic carbocycles. The van der Waals surface area contributed by atoms with Crippen molar-refractivity contribution in [1.82, 2.24) is 0 Å². The van der Waals surface area contributed by atoms with E-state index in [9.17, 15) is 18.0 Å². The third kappa shape index (κ3) is 5.63. The fourth-order valence-electron chi connectivity index (χ4n) is 2.59. The number of esters is 1. The first-order valence-electron chi connectivity index (χ1n) is 8.17. The lowest BCUT2D eigenvalue weighted by atomic mass is 10.0. The Hall–Kier alpha value is -1.89. The zero-order chi connectivity index (χ0) is 17.6. The molecule has 0 aromatic heterocycles. The highest BCUT2D eigenvalue weighted by molar-refractivity contribution is 7.91. The Bertz CT molecular complexity index is 681. The van der Waals surface area contributed by atoms with Crippen LogP contribution in [0.3, 0.4) is 0 Å². The monoisotopic (exact) mass is 353 g/mol. The van der Waals surface area contributed by atoms with E-state index in [2.05, 4.69) is 5.32 Å². The average Bonchev–Trinajstić information content (AvgIpc) is 2.86. The van der Waals surface area contributed by atoms with Gasteiger partial charge in [-0.05, 0) is 43.0 Å². The van der Waals surface area contributed by atoms with Crippen LogP contribution in [0, 0.1) is 5.92 Å². The maximum absolute atomic E-state index is 12.0. The molecular formula is C17H23NO5S. The standard InChI is InChI=1S/C17H23NO5S/c1-2-3-9-23-17(20)14-4-6-15(7-5-14)18-16(19)11-13-8-10-24(21,22)12-13/h4-7,13H,2-3,8-12H2,1H3,(H,18,19)/t13-/m0/s1. The zero-order valence-corrected chi connectivity index (χ0v) is 14.6. The van der Waals surface area contributed by atoms with Crippen molar-refractivity contribution in [3.63, 3.8) is 0 Å². The van der Waals surface area contributed by atoms with Crippen LogP contribution < -0.4 is 5.32 Å². The van der Waals surface area contributed by atoms with Crippen LogP contribution in [0.1, 0.15) is 43.0 Å². The van der Waals surface area contributed by atoms with E-state index < -0.39 is 9.84 Å². The van der Waals surface area contributed by atoms with Gasteiger partial charge in [0.05, 0.1) is 23.7 Å². The fourth-order valence-corrected chi connectivity index (χ4v) is 4.45. The van der Waals surface area contributed by atoms with E-state index in [0.29, 0.717) is 24.3 Å². The number of nitrogens with one attached hydrogen (secondary N) is 1. The van der Waals surface area contributed by atoms with Gasteiger partial charge in [0.15, 0.2) is 9.84 Å². The van der Waals surface area contributed by atoms with Gasteiger partial charge in [0, 0.05) is 12.1 Å². The lowest BCUT2D eigenvalue weighted by molar-refractivity contribution is -0.116. The highest BCUT2D eigenvalue weighted by Crippen LogP contribution is 2.22. The van der Waals surface area contributed by atoms with E-state index >= 15 is 0 Å². The van der Waals surface area contributed by atoms with Gasteiger partial charge >= 0.3 is 5.97 Å². The van der Waals surface area contributed by atoms with E-state index in [-0.39, 0.29) is 35.7 Å². The summed E-state index contributed by atoms with van der Waals surface area (Å²) in [7, 11) is -2.97. The van der Waals surface area contributed by atoms with Gasteiger partial charge in [0.25, 0.3) is 0 Å². The van der Waals surface area contributed by atoms with E-state index in [1.54, 1.807) is 24.3 Å². The molecule has 1 aliphatic heterocycles. The van der Waals surface area contributed by atoms with Crippen LogP contribution in [0.2, 0.25) is 0 Å². The van der Waals surface area contributed by atoms with Crippen LogP contribution in [-0.4, -0.2) is 38.4 Å². The summed E-state index contributed by atoms with van der Waals surface area (Å²) in [6.45, 7) is 2.42. The Morgan fingerprint density at radius 1 is 1.25 bits per heavy atom. The summed E-state index contributed by atoms with van der Waals surface area (Å²) in [5, 5.41) is 2.73. The molecule has 1 heterocycles. The molecule has 1 N–H and O–H groups in total. The molecule has 1 fully saturated rings. The lowest BCUT2D eigenvalue weighted by Crippen LogP contribution is -2.17. The molecule has 1 atom stereocenters. The third-order valence-electron chi connectivity index (χ3n) is 3.94. The maximum atomic E-state index is 12.0. The Balaban J connectivity index is 1.83. The number of rotatable bonds is 7. The van der Waals surface area contributed by atoms with Crippen molar-refractivity contribution in [2.45, 2.75) is 32.6 Å². The first-order valence-corrected chi connectivity index (χ1v) is 9.99. The number of amides is 1. The van der Waals surface area contributed by atoms with Crippen molar-refractivity contribution in [3.8, 4) is 0 Å². The maximum Gasteiger partial charge on any atom is 0.338 e. The highest BCUT2D eigenvalue weighted by Gasteiger charge is 2.29. The van der Waals surface area contributed by atoms with E-state index in [1.807, 2.05) is 6.92 Å². The highest BCUT2D eigenvalue weighted by atomic mass is 32.2. The number of carbonyl (C=O) groups is 2. The summed E-state index contributed by atoms with van der Waals surface area (Å²) in [5.41, 5.74) is 1.01. The second-order valence-corrected chi connectivity index (χ2v) is 8.32. The van der Waals surface area contributed by atoms with Gasteiger partial charge in [-0.1, -0.05) is 13.3 Å². The summed E-state index contributed by atoms with van der Waals surface area (Å²) < 4.78 is 27.9. The van der Waals surface area contributed by atoms with E-state index in [1.165, 1.54) is 0 Å². The molecule has 24 heavy (non-hydrogen) atoms. The van der Waals surface area contributed by atoms with Crippen molar-refractivity contribution in [1.29, 1.82) is 0 Å². The number of anilines is 1. The van der Waals surface area contributed by atoms with Crippen LogP contribution in [0.5, 0.6) is 0 Å². The van der Waals surface area contributed by atoms with Gasteiger partial charge in [-0.25, -0.2) is 13.2 Å². The SMILES string of the molecule is CCCCOC(=O)c1ccc(NC(=O)C[C@@H]2CCS(=O)(=O)C2)cc1. The van der Waals surface area contributed by atoms with Crippen molar-refractivity contribution in [3.05, 3.63) is 29.8 Å². The zero-order valence-electron chi connectivity index (χ0n) is 13.8. The number of carbonyl (C=O) groups excluding carboxylic acids is 2. The van der Waals surface area contributed by atoms with Crippen LogP contribution in [0.25, 0.3) is 0 Å². The Labute approximate surface area is 142 Å². The summed E-state index contributed by atoms with van der Waals surface area (Å²) in [6, 6.07) is 6.48. The van der Waals surface area contributed by atoms with E-state index in [0.717, 1.165) is 12.8 Å². The number of ether oxygens (including phenoxy) is 1. The largest absolute Gasteiger partial charge is 0.462 e. The van der Waals surface area contributed by atoms with Crippen LogP contribution in [0.4, 0.5) is 5.69 Å². The lowest BCUT2D eigenvalue weighted by Gasteiger charge is -2.09. The normalized spacial score (nSPS) is 19.0. The van der Waals surface area contributed by atoms with Gasteiger partial charge in [0.1, 0.15) is 0 Å². The number of benzene rings is 1. The molecule has 0 unspecified atom stereocenters. The van der Waals surface area contributed by atoms with Gasteiger partial charge in [-0.15, -0.1) is 0 Å². The smallest absolute Gasteiger partial charge is 0.338 e. The molecule has 0 saturated carbocycles. The van der Waals surface area contributed by atoms with Crippen molar-refractivity contribution in [2.24, 2.45) is 5.92 Å². The first-order chi connectivity index (χ1) is 11.4. The Kier molecular flexibility index (Phi) is 6.36. The number of hydrogen-bond acceptors (Lipinski definition) is 5. The summed E-state index contributed by atoms with van der Waals surface area (Å²) >= 11 is 0. The second kappa shape index (κ2) is 8.28. The molecule has 0 bridgehead atoms. The molecular weight excluding hydrogens is 330 g/mol. The molecule has 1 amide bonds. The van der Waals surface area contributed by atoms with E-state index in [4.69, 9.17) is 4.74 Å². The molecule has 2 rings (SSSR count). The third-order valence-corrected chi connectivity index (χ3v) is 5.77. The fraction of sp³-hybridized carbons (Fsp3) is 0.529. The molecule has 7 heteroatoms. The molecule has 1 aromatic rings. The minimum atomic E-state index is -2.97. The molecule has 1 aliphatic rings. The molecule has 1 aromatic carbocycles. The molecule has 0 radical (unpaired) electrons. The molecule has 0 spiro atoms. The second-order valence-electron chi connectivity index (χ2n) is 6.09. The summed E-state index contributed by atoms with van der Waals surface area (Å²) in [6.07, 6.45) is 2.52. The van der Waals surface area contributed by atoms with Crippen LogP contribution in [0.15, 0.2) is 24.3 Å². The number of sulfone groups is 1. The average molecular weight is 353 g/mol. The van der Waals surface area contributed by atoms with Gasteiger partial charge < -0.3 is 10.1 Å². The Morgan fingerprint density at radius 3 is 2.54 bits per heavy atom. The predicted octanol–water partition coefficient (Wildman–Crippen LogP) is 2.41. The number of unbranched alkanes of at least 4 members (excludes halogenated alkanes) is 1. The first kappa shape index (κ1) is 18.4. The number of hydrogen-bond donors (Lipinski definition) is 1. The Morgan fingerprint density at radius 2 is 1.96 bits per heavy atom. The minimum Gasteiger partial charge on any atom is -0.462 e. The van der Waals surface area contributed by atoms with Gasteiger partial charge in [0.2, 0.25) is 5.91 Å². The van der Waals surface area contributed by atoms with Crippen molar-refractivity contribution >= 4 is 27.4 Å². The topological polar surface area (TPSA) is 89.5 Å². The quantitative estimate of drug-likeness (QED) is 0.600. The molecule has 1 saturated heterocycles. The van der Waals surface area contributed by atoms with Crippen molar-refractivity contribution in [2.75, 3.05) is 23.4 Å². The molecule has 6 nitrogen and oxygen atoms in total. The van der Waals surface area contributed by atoms with Gasteiger partial charge in [-0.2, -0.15) is 0 Å². The molecule has 132 valence electrons. The van der Waals surface area contributed by atoms with Crippen LogP contribution in [-0.2, 0) is 19.4 Å². The summed E-state index contributed by atoms with van der Waals surface area (Å²) in [4.78, 5) is 23.8. The van der Waals surface area contributed by atoms with Gasteiger partial charge in [-0.3, -0.25) is 4.79 Å².